The van der Waals surface area contributed by atoms with Crippen molar-refractivity contribution in [3.8, 4) is 0 Å². The van der Waals surface area contributed by atoms with Gasteiger partial charge in [-0.05, 0) is 35.6 Å². The zero-order valence-corrected chi connectivity index (χ0v) is 13.5. The molecule has 2 aromatic rings. The minimum Gasteiger partial charge on any atom is -0.257 e. The van der Waals surface area contributed by atoms with Crippen molar-refractivity contribution in [2.24, 2.45) is 5.92 Å². The molecule has 2 unspecified atom stereocenters. The Labute approximate surface area is 137 Å². The second-order valence-electron chi connectivity index (χ2n) is 6.31. The van der Waals surface area contributed by atoms with Gasteiger partial charge in [0, 0.05) is 12.1 Å². The Balaban J connectivity index is 1.93. The summed E-state index contributed by atoms with van der Waals surface area (Å²) in [5.41, 5.74) is 5.59. The molecule has 116 valence electrons. The highest BCUT2D eigenvalue weighted by Gasteiger charge is 2.34. The van der Waals surface area contributed by atoms with Gasteiger partial charge in [-0.15, -0.1) is 0 Å². The number of allylic oxidation sites excluding steroid dienone is 6. The van der Waals surface area contributed by atoms with E-state index in [0.29, 0.717) is 12.0 Å². The van der Waals surface area contributed by atoms with Gasteiger partial charge in [-0.1, -0.05) is 68.0 Å². The molecule has 23 heavy (non-hydrogen) atoms. The van der Waals surface area contributed by atoms with Gasteiger partial charge >= 0.3 is 0 Å². The largest absolute Gasteiger partial charge is 0.257 e. The molecular formula is C21H22N2. The molecule has 0 spiro atoms. The van der Waals surface area contributed by atoms with Crippen LogP contribution in [0.25, 0.3) is 11.1 Å². The van der Waals surface area contributed by atoms with Crippen molar-refractivity contribution >= 4 is 11.1 Å². The molecule has 2 aliphatic rings. The van der Waals surface area contributed by atoms with Crippen LogP contribution in [0.4, 0.5) is 0 Å². The van der Waals surface area contributed by atoms with Crippen LogP contribution in [0.1, 0.15) is 43.5 Å². The van der Waals surface area contributed by atoms with Gasteiger partial charge in [0.15, 0.2) is 0 Å². The van der Waals surface area contributed by atoms with Crippen molar-refractivity contribution < 1.29 is 0 Å². The maximum absolute atomic E-state index is 4.62. The van der Waals surface area contributed by atoms with Crippen molar-refractivity contribution in [1.29, 1.82) is 0 Å². The molecule has 1 aromatic carbocycles. The Morgan fingerprint density at radius 2 is 1.87 bits per heavy atom. The molecule has 1 aliphatic carbocycles. The van der Waals surface area contributed by atoms with Crippen LogP contribution >= 0.6 is 0 Å². The van der Waals surface area contributed by atoms with Crippen LogP contribution in [-0.4, -0.2) is 9.78 Å². The first kappa shape index (κ1) is 14.3. The second-order valence-corrected chi connectivity index (χ2v) is 6.31. The van der Waals surface area contributed by atoms with E-state index >= 15 is 0 Å². The van der Waals surface area contributed by atoms with Crippen molar-refractivity contribution in [2.45, 2.75) is 32.2 Å². The predicted molar refractivity (Wildman–Crippen MR) is 95.8 cm³/mol. The molecule has 0 N–H and O–H groups in total. The Morgan fingerprint density at radius 1 is 1.04 bits per heavy atom. The van der Waals surface area contributed by atoms with E-state index in [-0.39, 0.29) is 0 Å². The molecule has 2 nitrogen and oxygen atoms in total. The summed E-state index contributed by atoms with van der Waals surface area (Å²) < 4.78 is 2.21. The van der Waals surface area contributed by atoms with Gasteiger partial charge in [-0.2, -0.15) is 5.10 Å². The second kappa shape index (κ2) is 6.04. The number of hydrogen-bond acceptors (Lipinski definition) is 1. The smallest absolute Gasteiger partial charge is 0.0813 e. The highest BCUT2D eigenvalue weighted by Crippen LogP contribution is 2.46. The average Bonchev–Trinajstić information content (AvgIpc) is 3.10. The lowest BCUT2D eigenvalue weighted by atomic mass is 9.77. The van der Waals surface area contributed by atoms with E-state index in [9.17, 15) is 0 Å². The SMILES string of the molecule is CCCCC1=C(c2ccccc2)C2C=CC=CC2n2nccc21. The van der Waals surface area contributed by atoms with Gasteiger partial charge in [-0.25, -0.2) is 0 Å². The predicted octanol–water partition coefficient (Wildman–Crippen LogP) is 5.28. The number of hydrogen-bond donors (Lipinski definition) is 0. The summed E-state index contributed by atoms with van der Waals surface area (Å²) in [7, 11) is 0. The van der Waals surface area contributed by atoms with Gasteiger partial charge in [0.25, 0.3) is 0 Å². The molecule has 4 rings (SSSR count). The fourth-order valence-electron chi connectivity index (χ4n) is 3.83. The summed E-state index contributed by atoms with van der Waals surface area (Å²) in [5.74, 6) is 0.377. The van der Waals surface area contributed by atoms with Gasteiger partial charge in [0.1, 0.15) is 0 Å². The van der Waals surface area contributed by atoms with Crippen LogP contribution in [0.2, 0.25) is 0 Å². The summed E-state index contributed by atoms with van der Waals surface area (Å²) in [6.45, 7) is 2.26. The normalized spacial score (nSPS) is 22.1. The molecule has 2 heteroatoms. The Morgan fingerprint density at radius 3 is 2.70 bits per heavy atom. The quantitative estimate of drug-likeness (QED) is 0.751. The number of unbranched alkanes of at least 4 members (excludes halogenated alkanes) is 1. The molecule has 1 aliphatic heterocycles. The first-order valence-corrected chi connectivity index (χ1v) is 8.57. The minimum absolute atomic E-state index is 0.297. The molecular weight excluding hydrogens is 280 g/mol. The van der Waals surface area contributed by atoms with Crippen molar-refractivity contribution in [3.05, 3.63) is 78.2 Å². The third-order valence-electron chi connectivity index (χ3n) is 4.89. The van der Waals surface area contributed by atoms with E-state index in [1.807, 2.05) is 6.20 Å². The highest BCUT2D eigenvalue weighted by atomic mass is 15.3. The van der Waals surface area contributed by atoms with Crippen LogP contribution in [0.5, 0.6) is 0 Å². The summed E-state index contributed by atoms with van der Waals surface area (Å²) in [4.78, 5) is 0. The molecule has 2 atom stereocenters. The fraction of sp³-hybridized carbons (Fsp3) is 0.286. The fourth-order valence-corrected chi connectivity index (χ4v) is 3.83. The van der Waals surface area contributed by atoms with Crippen LogP contribution in [0, 0.1) is 5.92 Å². The number of fused-ring (bicyclic) bond motifs is 3. The third kappa shape index (κ3) is 2.39. The number of aromatic nitrogens is 2. The summed E-state index contributed by atoms with van der Waals surface area (Å²) >= 11 is 0. The topological polar surface area (TPSA) is 17.8 Å². The Bertz CT molecular complexity index is 777. The van der Waals surface area contributed by atoms with Crippen molar-refractivity contribution in [2.75, 3.05) is 0 Å². The van der Waals surface area contributed by atoms with E-state index in [1.54, 1.807) is 0 Å². The van der Waals surface area contributed by atoms with Gasteiger partial charge in [0.2, 0.25) is 0 Å². The zero-order valence-electron chi connectivity index (χ0n) is 13.5. The maximum Gasteiger partial charge on any atom is 0.0813 e. The average molecular weight is 302 g/mol. The lowest BCUT2D eigenvalue weighted by molar-refractivity contribution is 0.466. The van der Waals surface area contributed by atoms with Crippen LogP contribution in [0.15, 0.2) is 66.9 Å². The van der Waals surface area contributed by atoms with E-state index in [2.05, 4.69) is 77.4 Å². The van der Waals surface area contributed by atoms with Gasteiger partial charge < -0.3 is 0 Å². The number of benzene rings is 1. The maximum atomic E-state index is 4.62. The molecule has 0 saturated heterocycles. The van der Waals surface area contributed by atoms with Gasteiger partial charge in [0.05, 0.1) is 11.7 Å². The minimum atomic E-state index is 0.297. The molecule has 0 saturated carbocycles. The van der Waals surface area contributed by atoms with E-state index in [4.69, 9.17) is 0 Å². The number of rotatable bonds is 4. The van der Waals surface area contributed by atoms with Crippen LogP contribution < -0.4 is 0 Å². The monoisotopic (exact) mass is 302 g/mol. The van der Waals surface area contributed by atoms with Crippen molar-refractivity contribution in [1.82, 2.24) is 9.78 Å². The Kier molecular flexibility index (Phi) is 3.74. The molecule has 0 amide bonds. The Hall–Kier alpha value is -2.35. The molecule has 1 aromatic heterocycles. The molecule has 0 bridgehead atoms. The number of nitrogens with zero attached hydrogens (tertiary/aromatic N) is 2. The first-order valence-electron chi connectivity index (χ1n) is 8.57. The van der Waals surface area contributed by atoms with Crippen LogP contribution in [0.3, 0.4) is 0 Å². The summed E-state index contributed by atoms with van der Waals surface area (Å²) in [6, 6.07) is 13.3. The summed E-state index contributed by atoms with van der Waals surface area (Å²) in [5, 5.41) is 4.62. The lowest BCUT2D eigenvalue weighted by Crippen LogP contribution is -2.26. The van der Waals surface area contributed by atoms with E-state index in [1.165, 1.54) is 35.2 Å². The zero-order chi connectivity index (χ0) is 15.6. The summed E-state index contributed by atoms with van der Waals surface area (Å²) in [6.07, 6.45) is 14.4. The molecule has 0 radical (unpaired) electrons. The van der Waals surface area contributed by atoms with E-state index < -0.39 is 0 Å². The highest BCUT2D eigenvalue weighted by molar-refractivity contribution is 5.93. The third-order valence-corrected chi connectivity index (χ3v) is 4.89. The lowest BCUT2D eigenvalue weighted by Gasteiger charge is -2.35. The molecule has 0 fully saturated rings. The standard InChI is InChI=1S/C21H22N2/c1-2-3-11-17-20-14-15-22-23(20)19-13-8-7-12-18(19)21(17)16-9-5-4-6-10-16/h4-10,12-15,18-19H,2-3,11H2,1H3. The van der Waals surface area contributed by atoms with E-state index in [0.717, 1.165) is 6.42 Å². The van der Waals surface area contributed by atoms with Crippen molar-refractivity contribution in [3.63, 3.8) is 0 Å². The molecule has 2 heterocycles. The van der Waals surface area contributed by atoms with Crippen LogP contribution in [-0.2, 0) is 0 Å². The van der Waals surface area contributed by atoms with Gasteiger partial charge in [-0.3, -0.25) is 4.68 Å². The first-order chi connectivity index (χ1) is 11.4.